The van der Waals surface area contributed by atoms with Gasteiger partial charge in [0.1, 0.15) is 12.2 Å². The van der Waals surface area contributed by atoms with E-state index in [2.05, 4.69) is 10.3 Å². The first-order valence-electron chi connectivity index (χ1n) is 7.57. The van der Waals surface area contributed by atoms with Gasteiger partial charge in [0.15, 0.2) is 0 Å². The van der Waals surface area contributed by atoms with Crippen LogP contribution in [0.3, 0.4) is 0 Å². The first-order chi connectivity index (χ1) is 11.8. The number of aromatic nitrogens is 2. The van der Waals surface area contributed by atoms with Gasteiger partial charge in [-0.15, -0.1) is 0 Å². The summed E-state index contributed by atoms with van der Waals surface area (Å²) in [6, 6.07) is 21.3. The molecule has 0 aliphatic heterocycles. The molecule has 0 atom stereocenters. The van der Waals surface area contributed by atoms with Crippen LogP contribution in [0.25, 0.3) is 0 Å². The molecular formula is C19H16N4O. The third-order valence-electron chi connectivity index (χ3n) is 3.66. The molecule has 1 heterocycles. The van der Waals surface area contributed by atoms with Crippen LogP contribution >= 0.6 is 0 Å². The highest BCUT2D eigenvalue weighted by Gasteiger charge is 2.18. The fourth-order valence-electron chi connectivity index (χ4n) is 2.50. The van der Waals surface area contributed by atoms with E-state index in [0.29, 0.717) is 5.69 Å². The minimum absolute atomic E-state index is 0.168. The van der Waals surface area contributed by atoms with Crippen molar-refractivity contribution in [1.82, 2.24) is 14.9 Å². The fourth-order valence-corrected chi connectivity index (χ4v) is 2.50. The van der Waals surface area contributed by atoms with E-state index in [-0.39, 0.29) is 18.5 Å². The summed E-state index contributed by atoms with van der Waals surface area (Å²) < 4.78 is 1.58. The van der Waals surface area contributed by atoms with E-state index in [1.807, 2.05) is 66.7 Å². The van der Waals surface area contributed by atoms with Gasteiger partial charge in [-0.3, -0.25) is 4.79 Å². The molecule has 3 rings (SSSR count). The highest BCUT2D eigenvalue weighted by Crippen LogP contribution is 2.22. The Labute approximate surface area is 140 Å². The summed E-state index contributed by atoms with van der Waals surface area (Å²) in [5, 5.41) is 11.7. The standard InChI is InChI=1S/C19H16N4O/c20-11-12-23-13-17(21-14-23)19(24)22-18(15-7-3-1-4-8-15)16-9-5-2-6-10-16/h1-10,13-14,18H,12H2,(H,22,24). The molecular weight excluding hydrogens is 300 g/mol. The number of rotatable bonds is 5. The van der Waals surface area contributed by atoms with Crippen LogP contribution in [0.4, 0.5) is 0 Å². The van der Waals surface area contributed by atoms with Crippen molar-refractivity contribution in [1.29, 1.82) is 5.26 Å². The van der Waals surface area contributed by atoms with Crippen molar-refractivity contribution in [2.45, 2.75) is 12.6 Å². The van der Waals surface area contributed by atoms with Crippen LogP contribution in [0.1, 0.15) is 27.7 Å². The molecule has 0 bridgehead atoms. The van der Waals surface area contributed by atoms with Crippen molar-refractivity contribution in [2.75, 3.05) is 0 Å². The van der Waals surface area contributed by atoms with E-state index in [4.69, 9.17) is 5.26 Å². The molecule has 1 amide bonds. The molecule has 0 aliphatic carbocycles. The summed E-state index contributed by atoms with van der Waals surface area (Å²) >= 11 is 0. The molecule has 5 heteroatoms. The largest absolute Gasteiger partial charge is 0.340 e. The number of nitrogens with zero attached hydrogens (tertiary/aromatic N) is 3. The normalized spacial score (nSPS) is 10.3. The van der Waals surface area contributed by atoms with E-state index in [9.17, 15) is 4.79 Å². The number of amides is 1. The second-order valence-corrected chi connectivity index (χ2v) is 5.32. The smallest absolute Gasteiger partial charge is 0.272 e. The van der Waals surface area contributed by atoms with Gasteiger partial charge in [0.05, 0.1) is 18.4 Å². The van der Waals surface area contributed by atoms with Crippen LogP contribution in [0.15, 0.2) is 73.2 Å². The first kappa shape index (κ1) is 15.5. The Morgan fingerprint density at radius 1 is 1.08 bits per heavy atom. The fraction of sp³-hybridized carbons (Fsp3) is 0.105. The van der Waals surface area contributed by atoms with Gasteiger partial charge in [-0.1, -0.05) is 60.7 Å². The van der Waals surface area contributed by atoms with Gasteiger partial charge in [0.2, 0.25) is 0 Å². The summed E-state index contributed by atoms with van der Waals surface area (Å²) in [4.78, 5) is 16.6. The van der Waals surface area contributed by atoms with Gasteiger partial charge in [-0.2, -0.15) is 5.26 Å². The zero-order valence-corrected chi connectivity index (χ0v) is 13.0. The summed E-state index contributed by atoms with van der Waals surface area (Å²) in [5.74, 6) is -0.274. The predicted molar refractivity (Wildman–Crippen MR) is 90.0 cm³/mol. The molecule has 0 radical (unpaired) electrons. The lowest BCUT2D eigenvalue weighted by atomic mass is 9.98. The number of hydrogen-bond acceptors (Lipinski definition) is 3. The van der Waals surface area contributed by atoms with Gasteiger partial charge in [0, 0.05) is 6.20 Å². The van der Waals surface area contributed by atoms with Crippen LogP contribution in [-0.2, 0) is 6.54 Å². The number of carbonyl (C=O) groups is 1. The summed E-state index contributed by atoms with van der Waals surface area (Å²) in [5.41, 5.74) is 2.28. The zero-order chi connectivity index (χ0) is 16.8. The highest BCUT2D eigenvalue weighted by atomic mass is 16.2. The molecule has 2 aromatic carbocycles. The average Bonchev–Trinajstić information content (AvgIpc) is 3.10. The summed E-state index contributed by atoms with van der Waals surface area (Å²) in [6.45, 7) is 0.168. The van der Waals surface area contributed by atoms with E-state index >= 15 is 0 Å². The Bertz CT molecular complexity index is 810. The zero-order valence-electron chi connectivity index (χ0n) is 13.0. The average molecular weight is 316 g/mol. The predicted octanol–water partition coefficient (Wildman–Crippen LogP) is 2.93. The van der Waals surface area contributed by atoms with Crippen LogP contribution < -0.4 is 5.32 Å². The van der Waals surface area contributed by atoms with Gasteiger partial charge in [0.25, 0.3) is 5.91 Å². The Hall–Kier alpha value is -3.39. The molecule has 0 spiro atoms. The molecule has 118 valence electrons. The molecule has 24 heavy (non-hydrogen) atoms. The van der Waals surface area contributed by atoms with Gasteiger partial charge >= 0.3 is 0 Å². The lowest BCUT2D eigenvalue weighted by molar-refractivity contribution is 0.0938. The maximum absolute atomic E-state index is 12.5. The third kappa shape index (κ3) is 3.50. The van der Waals surface area contributed by atoms with E-state index in [1.165, 1.54) is 6.33 Å². The molecule has 0 saturated carbocycles. The minimum Gasteiger partial charge on any atom is -0.340 e. The number of nitriles is 1. The molecule has 3 aromatic rings. The van der Waals surface area contributed by atoms with Gasteiger partial charge in [-0.25, -0.2) is 4.98 Å². The van der Waals surface area contributed by atoms with Gasteiger partial charge < -0.3 is 9.88 Å². The monoisotopic (exact) mass is 316 g/mol. The van der Waals surface area contributed by atoms with Crippen LogP contribution in [0.5, 0.6) is 0 Å². The van der Waals surface area contributed by atoms with Crippen LogP contribution in [0, 0.1) is 11.3 Å². The van der Waals surface area contributed by atoms with E-state index in [1.54, 1.807) is 10.8 Å². The Kier molecular flexibility index (Phi) is 4.68. The summed E-state index contributed by atoms with van der Waals surface area (Å²) in [7, 11) is 0. The molecule has 1 aromatic heterocycles. The minimum atomic E-state index is -0.274. The third-order valence-corrected chi connectivity index (χ3v) is 3.66. The topological polar surface area (TPSA) is 70.7 Å². The number of nitrogens with one attached hydrogen (secondary N) is 1. The lowest BCUT2D eigenvalue weighted by Gasteiger charge is -2.19. The lowest BCUT2D eigenvalue weighted by Crippen LogP contribution is -2.29. The van der Waals surface area contributed by atoms with Crippen molar-refractivity contribution >= 4 is 5.91 Å². The molecule has 1 N–H and O–H groups in total. The molecule has 5 nitrogen and oxygen atoms in total. The second kappa shape index (κ2) is 7.25. The highest BCUT2D eigenvalue weighted by molar-refractivity contribution is 5.92. The number of benzene rings is 2. The Morgan fingerprint density at radius 2 is 1.67 bits per heavy atom. The summed E-state index contributed by atoms with van der Waals surface area (Å²) in [6.07, 6.45) is 3.06. The van der Waals surface area contributed by atoms with Gasteiger partial charge in [-0.05, 0) is 11.1 Å². The van der Waals surface area contributed by atoms with E-state index < -0.39 is 0 Å². The first-order valence-corrected chi connectivity index (χ1v) is 7.57. The second-order valence-electron chi connectivity index (χ2n) is 5.32. The SMILES string of the molecule is N#CCn1cnc(C(=O)NC(c2ccccc2)c2ccccc2)c1. The van der Waals surface area contributed by atoms with Crippen molar-refractivity contribution < 1.29 is 4.79 Å². The quantitative estimate of drug-likeness (QED) is 0.786. The Balaban J connectivity index is 1.86. The Morgan fingerprint density at radius 3 is 2.21 bits per heavy atom. The van der Waals surface area contributed by atoms with Crippen molar-refractivity contribution in [2.24, 2.45) is 0 Å². The molecule has 0 aliphatic rings. The number of carbonyl (C=O) groups excluding carboxylic acids is 1. The molecule has 0 fully saturated rings. The van der Waals surface area contributed by atoms with E-state index in [0.717, 1.165) is 11.1 Å². The maximum Gasteiger partial charge on any atom is 0.272 e. The molecule has 0 unspecified atom stereocenters. The van der Waals surface area contributed by atoms with Crippen LogP contribution in [0.2, 0.25) is 0 Å². The maximum atomic E-state index is 12.5. The number of hydrogen-bond donors (Lipinski definition) is 1. The van der Waals surface area contributed by atoms with Crippen molar-refractivity contribution in [3.05, 3.63) is 90.0 Å². The van der Waals surface area contributed by atoms with Crippen molar-refractivity contribution in [3.8, 4) is 6.07 Å². The number of imidazole rings is 1. The molecule has 0 saturated heterocycles. The van der Waals surface area contributed by atoms with Crippen LogP contribution in [-0.4, -0.2) is 15.5 Å². The van der Waals surface area contributed by atoms with Crippen molar-refractivity contribution in [3.63, 3.8) is 0 Å².